The Kier molecular flexibility index (Phi) is 4.57. The van der Waals surface area contributed by atoms with Gasteiger partial charge in [0.05, 0.1) is 10.5 Å². The van der Waals surface area contributed by atoms with Crippen molar-refractivity contribution in [3.05, 3.63) is 39.9 Å². The average Bonchev–Trinajstić information content (AvgIpc) is 2.37. The summed E-state index contributed by atoms with van der Waals surface area (Å²) in [7, 11) is 3.11. The molecule has 0 saturated heterocycles. The van der Waals surface area contributed by atoms with Crippen LogP contribution < -0.4 is 0 Å². The summed E-state index contributed by atoms with van der Waals surface area (Å²) in [6, 6.07) is 4.98. The van der Waals surface area contributed by atoms with Gasteiger partial charge in [0.25, 0.3) is 11.6 Å². The molecule has 0 heterocycles. The largest absolute Gasteiger partial charge is 0.449 e. The molecule has 0 unspecified atom stereocenters. The Labute approximate surface area is 109 Å². The van der Waals surface area contributed by atoms with Crippen LogP contribution in [0.5, 0.6) is 0 Å². The van der Waals surface area contributed by atoms with Crippen LogP contribution in [0.4, 0.5) is 5.69 Å². The molecule has 0 aliphatic heterocycles. The number of amides is 1. The molecule has 0 saturated carbocycles. The first-order valence-electron chi connectivity index (χ1n) is 5.49. The summed E-state index contributed by atoms with van der Waals surface area (Å²) >= 11 is 0. The van der Waals surface area contributed by atoms with Crippen molar-refractivity contribution in [3.63, 3.8) is 0 Å². The van der Waals surface area contributed by atoms with E-state index < -0.39 is 17.0 Å². The Morgan fingerprint density at radius 3 is 2.21 bits per heavy atom. The fourth-order valence-electron chi connectivity index (χ4n) is 1.36. The van der Waals surface area contributed by atoms with Gasteiger partial charge in [0.2, 0.25) is 0 Å². The van der Waals surface area contributed by atoms with E-state index in [2.05, 4.69) is 0 Å². The van der Waals surface area contributed by atoms with Crippen molar-refractivity contribution < 1.29 is 19.2 Å². The Hall–Kier alpha value is -2.44. The van der Waals surface area contributed by atoms with Gasteiger partial charge in [0, 0.05) is 26.2 Å². The molecule has 0 bridgehead atoms. The van der Waals surface area contributed by atoms with Crippen molar-refractivity contribution in [1.82, 2.24) is 4.90 Å². The van der Waals surface area contributed by atoms with E-state index in [1.807, 2.05) is 0 Å². The van der Waals surface area contributed by atoms with Crippen molar-refractivity contribution in [1.29, 1.82) is 0 Å². The van der Waals surface area contributed by atoms with Crippen LogP contribution in [0.25, 0.3) is 0 Å². The second kappa shape index (κ2) is 5.94. The van der Waals surface area contributed by atoms with E-state index in [1.165, 1.54) is 36.1 Å². The number of likely N-dealkylation sites (N-methyl/N-ethyl adjacent to an activating group) is 1. The molecule has 19 heavy (non-hydrogen) atoms. The number of rotatable bonds is 4. The predicted molar refractivity (Wildman–Crippen MR) is 66.7 cm³/mol. The molecule has 1 aromatic rings. The molecule has 0 fully saturated rings. The molecule has 7 heteroatoms. The summed E-state index contributed by atoms with van der Waals surface area (Å²) in [5, 5.41) is 10.5. The fourth-order valence-corrected chi connectivity index (χ4v) is 1.36. The van der Waals surface area contributed by atoms with Gasteiger partial charge in [-0.1, -0.05) is 0 Å². The van der Waals surface area contributed by atoms with Crippen LogP contribution in [0.3, 0.4) is 0 Å². The third-order valence-electron chi connectivity index (χ3n) is 2.39. The molecule has 1 rings (SSSR count). The zero-order valence-electron chi connectivity index (χ0n) is 10.8. The first-order valence-corrected chi connectivity index (χ1v) is 5.49. The number of non-ortho nitro benzene ring substituents is 1. The summed E-state index contributed by atoms with van der Waals surface area (Å²) in [5.41, 5.74) is 0.0398. The van der Waals surface area contributed by atoms with E-state index >= 15 is 0 Å². The smallest absolute Gasteiger partial charge is 0.338 e. The van der Waals surface area contributed by atoms with Gasteiger partial charge in [-0.05, 0) is 19.1 Å². The van der Waals surface area contributed by atoms with Gasteiger partial charge in [-0.2, -0.15) is 0 Å². The quantitative estimate of drug-likeness (QED) is 0.464. The Bertz CT molecular complexity index is 495. The highest BCUT2D eigenvalue weighted by molar-refractivity contribution is 5.92. The maximum absolute atomic E-state index is 11.7. The van der Waals surface area contributed by atoms with Gasteiger partial charge in [0.15, 0.2) is 6.10 Å². The number of nitrogens with zero attached hydrogens (tertiary/aromatic N) is 2. The van der Waals surface area contributed by atoms with Crippen molar-refractivity contribution in [2.45, 2.75) is 13.0 Å². The molecule has 0 aliphatic rings. The number of esters is 1. The summed E-state index contributed by atoms with van der Waals surface area (Å²) in [4.78, 5) is 34.4. The first kappa shape index (κ1) is 14.6. The lowest BCUT2D eigenvalue weighted by molar-refractivity contribution is -0.384. The van der Waals surface area contributed by atoms with Gasteiger partial charge in [-0.15, -0.1) is 0 Å². The summed E-state index contributed by atoms with van der Waals surface area (Å²) in [6.45, 7) is 1.46. The number of nitro groups is 1. The normalized spacial score (nSPS) is 11.5. The molecule has 1 aromatic carbocycles. The number of carbonyl (C=O) groups excluding carboxylic acids is 2. The Morgan fingerprint density at radius 1 is 1.26 bits per heavy atom. The van der Waals surface area contributed by atoms with Crippen LogP contribution in [0.1, 0.15) is 17.3 Å². The SMILES string of the molecule is C[C@H](OC(=O)c1ccc([N+](=O)[O-])cc1)C(=O)N(C)C. The van der Waals surface area contributed by atoms with Crippen LogP contribution in [-0.4, -0.2) is 41.9 Å². The number of ether oxygens (including phenoxy) is 1. The van der Waals surface area contributed by atoms with Crippen molar-refractivity contribution >= 4 is 17.6 Å². The lowest BCUT2D eigenvalue weighted by Gasteiger charge is -2.17. The van der Waals surface area contributed by atoms with E-state index in [1.54, 1.807) is 14.1 Å². The Balaban J connectivity index is 2.73. The highest BCUT2D eigenvalue weighted by Crippen LogP contribution is 2.13. The van der Waals surface area contributed by atoms with Crippen molar-refractivity contribution in [2.75, 3.05) is 14.1 Å². The molecule has 0 N–H and O–H groups in total. The fraction of sp³-hybridized carbons (Fsp3) is 0.333. The highest BCUT2D eigenvalue weighted by Gasteiger charge is 2.20. The number of hydrogen-bond acceptors (Lipinski definition) is 5. The summed E-state index contributed by atoms with van der Waals surface area (Å²) in [5.74, 6) is -1.03. The first-order chi connectivity index (χ1) is 8.82. The zero-order valence-corrected chi connectivity index (χ0v) is 10.8. The lowest BCUT2D eigenvalue weighted by atomic mass is 10.2. The summed E-state index contributed by atoms with van der Waals surface area (Å²) in [6.07, 6.45) is -0.905. The minimum Gasteiger partial charge on any atom is -0.449 e. The van der Waals surface area contributed by atoms with Crippen molar-refractivity contribution in [3.8, 4) is 0 Å². The van der Waals surface area contributed by atoms with E-state index in [-0.39, 0.29) is 17.2 Å². The predicted octanol–water partition coefficient (Wildman–Crippen LogP) is 1.23. The van der Waals surface area contributed by atoms with Crippen LogP contribution in [0.15, 0.2) is 24.3 Å². The maximum Gasteiger partial charge on any atom is 0.338 e. The molecule has 0 aromatic heterocycles. The van der Waals surface area contributed by atoms with Gasteiger partial charge >= 0.3 is 5.97 Å². The van der Waals surface area contributed by atoms with Gasteiger partial charge in [0.1, 0.15) is 0 Å². The van der Waals surface area contributed by atoms with Crippen molar-refractivity contribution in [2.24, 2.45) is 0 Å². The molecular weight excluding hydrogens is 252 g/mol. The lowest BCUT2D eigenvalue weighted by Crippen LogP contribution is -2.34. The third kappa shape index (κ3) is 3.77. The van der Waals surface area contributed by atoms with Crippen LogP contribution >= 0.6 is 0 Å². The van der Waals surface area contributed by atoms with E-state index in [9.17, 15) is 19.7 Å². The third-order valence-corrected chi connectivity index (χ3v) is 2.39. The average molecular weight is 266 g/mol. The van der Waals surface area contributed by atoms with E-state index in [0.717, 1.165) is 0 Å². The molecule has 0 aliphatic carbocycles. The number of benzene rings is 1. The minimum atomic E-state index is -0.905. The molecule has 102 valence electrons. The maximum atomic E-state index is 11.7. The highest BCUT2D eigenvalue weighted by atomic mass is 16.6. The molecule has 1 amide bonds. The van der Waals surface area contributed by atoms with Crippen LogP contribution in [-0.2, 0) is 9.53 Å². The van der Waals surface area contributed by atoms with Gasteiger partial charge < -0.3 is 9.64 Å². The molecule has 0 radical (unpaired) electrons. The minimum absolute atomic E-state index is 0.117. The van der Waals surface area contributed by atoms with E-state index in [0.29, 0.717) is 0 Å². The number of nitro benzene ring substituents is 1. The monoisotopic (exact) mass is 266 g/mol. The second-order valence-corrected chi connectivity index (χ2v) is 4.08. The van der Waals surface area contributed by atoms with E-state index in [4.69, 9.17) is 4.74 Å². The molecule has 7 nitrogen and oxygen atoms in total. The van der Waals surface area contributed by atoms with Crippen LogP contribution in [0, 0.1) is 10.1 Å². The number of carbonyl (C=O) groups is 2. The topological polar surface area (TPSA) is 89.7 Å². The second-order valence-electron chi connectivity index (χ2n) is 4.08. The summed E-state index contributed by atoms with van der Waals surface area (Å²) < 4.78 is 4.96. The van der Waals surface area contributed by atoms with Gasteiger partial charge in [-0.25, -0.2) is 4.79 Å². The molecule has 1 atom stereocenters. The standard InChI is InChI=1S/C12H14N2O5/c1-8(11(15)13(2)3)19-12(16)9-4-6-10(7-5-9)14(17)18/h4-8H,1-3H3/t8-/m0/s1. The molecular formula is C12H14N2O5. The van der Waals surface area contributed by atoms with Gasteiger partial charge in [-0.3, -0.25) is 14.9 Å². The number of hydrogen-bond donors (Lipinski definition) is 0. The van der Waals surface area contributed by atoms with Crippen LogP contribution in [0.2, 0.25) is 0 Å². The Morgan fingerprint density at radius 2 is 1.79 bits per heavy atom. The zero-order chi connectivity index (χ0) is 14.6. The molecule has 0 spiro atoms.